The van der Waals surface area contributed by atoms with E-state index in [1.54, 1.807) is 0 Å². The molecule has 1 aromatic rings. The van der Waals surface area contributed by atoms with Crippen LogP contribution in [0.5, 0.6) is 0 Å². The van der Waals surface area contributed by atoms with Crippen LogP contribution in [0.3, 0.4) is 0 Å². The van der Waals surface area contributed by atoms with E-state index >= 15 is 0 Å². The van der Waals surface area contributed by atoms with Crippen molar-refractivity contribution in [3.05, 3.63) is 17.5 Å². The van der Waals surface area contributed by atoms with Crippen LogP contribution in [0.2, 0.25) is 0 Å². The van der Waals surface area contributed by atoms with Gasteiger partial charge in [0, 0.05) is 39.8 Å². The van der Waals surface area contributed by atoms with Crippen molar-refractivity contribution in [3.8, 4) is 0 Å². The van der Waals surface area contributed by atoms with E-state index in [0.717, 1.165) is 44.6 Å². The van der Waals surface area contributed by atoms with Crippen LogP contribution < -0.4 is 10.2 Å². The lowest BCUT2D eigenvalue weighted by Gasteiger charge is -2.37. The molecule has 1 aromatic heterocycles. The summed E-state index contributed by atoms with van der Waals surface area (Å²) in [5.41, 5.74) is 0. The highest BCUT2D eigenvalue weighted by molar-refractivity contribution is 14.0. The average Bonchev–Trinajstić information content (AvgIpc) is 2.98. The maximum Gasteiger partial charge on any atom is 0.193 e. The minimum absolute atomic E-state index is 0. The Morgan fingerprint density at radius 2 is 2.05 bits per heavy atom. The van der Waals surface area contributed by atoms with Crippen LogP contribution in [0, 0.1) is 5.92 Å². The zero-order valence-electron chi connectivity index (χ0n) is 13.2. The molecule has 0 spiro atoms. The Kier molecular flexibility index (Phi) is 8.39. The molecular formula is C15H27IN4S. The van der Waals surface area contributed by atoms with E-state index in [4.69, 9.17) is 0 Å². The molecule has 4 nitrogen and oxygen atoms in total. The van der Waals surface area contributed by atoms with E-state index in [-0.39, 0.29) is 24.0 Å². The highest BCUT2D eigenvalue weighted by atomic mass is 127. The van der Waals surface area contributed by atoms with Crippen LogP contribution in [0.15, 0.2) is 22.5 Å². The molecule has 0 bridgehead atoms. The van der Waals surface area contributed by atoms with Crippen molar-refractivity contribution in [1.29, 1.82) is 0 Å². The van der Waals surface area contributed by atoms with Gasteiger partial charge in [-0.2, -0.15) is 0 Å². The van der Waals surface area contributed by atoms with E-state index in [0.29, 0.717) is 0 Å². The molecule has 0 aromatic carbocycles. The van der Waals surface area contributed by atoms with Gasteiger partial charge in [0.1, 0.15) is 0 Å². The highest BCUT2D eigenvalue weighted by Gasteiger charge is 2.19. The van der Waals surface area contributed by atoms with E-state index < -0.39 is 0 Å². The molecule has 120 valence electrons. The van der Waals surface area contributed by atoms with Crippen molar-refractivity contribution in [3.63, 3.8) is 0 Å². The van der Waals surface area contributed by atoms with Crippen molar-refractivity contribution in [2.75, 3.05) is 44.7 Å². The van der Waals surface area contributed by atoms with Gasteiger partial charge in [0.2, 0.25) is 0 Å². The smallest absolute Gasteiger partial charge is 0.193 e. The number of rotatable bonds is 4. The minimum atomic E-state index is 0. The SMILES string of the molecule is CN=C(NCCC(C)C)N1CCN(c2cccs2)CC1.I. The molecule has 1 saturated heterocycles. The number of anilines is 1. The number of aliphatic imine (C=N–C) groups is 1. The molecule has 0 saturated carbocycles. The normalized spacial score (nSPS) is 16.1. The largest absolute Gasteiger partial charge is 0.360 e. The summed E-state index contributed by atoms with van der Waals surface area (Å²) >= 11 is 1.82. The Balaban J connectivity index is 0.00000220. The standard InChI is InChI=1S/C15H26N4S.HI/c1-13(2)6-7-17-15(16-3)19-10-8-18(9-11-19)14-5-4-12-20-14;/h4-5,12-13H,6-11H2,1-3H3,(H,16,17);1H. The summed E-state index contributed by atoms with van der Waals surface area (Å²) in [6, 6.07) is 4.33. The minimum Gasteiger partial charge on any atom is -0.360 e. The number of piperazine rings is 1. The lowest BCUT2D eigenvalue weighted by Crippen LogP contribution is -2.52. The Morgan fingerprint density at radius 3 is 2.57 bits per heavy atom. The second-order valence-electron chi connectivity index (χ2n) is 5.58. The summed E-state index contributed by atoms with van der Waals surface area (Å²) < 4.78 is 0. The Morgan fingerprint density at radius 1 is 1.33 bits per heavy atom. The van der Waals surface area contributed by atoms with E-state index in [2.05, 4.69) is 51.5 Å². The molecule has 2 heterocycles. The van der Waals surface area contributed by atoms with E-state index in [1.807, 2.05) is 18.4 Å². The van der Waals surface area contributed by atoms with Gasteiger partial charge < -0.3 is 15.1 Å². The number of halogens is 1. The molecule has 1 fully saturated rings. The fourth-order valence-electron chi connectivity index (χ4n) is 2.39. The van der Waals surface area contributed by atoms with Crippen molar-refractivity contribution in [1.82, 2.24) is 10.2 Å². The first-order valence-corrected chi connectivity index (χ1v) is 8.32. The summed E-state index contributed by atoms with van der Waals surface area (Å²) in [4.78, 5) is 9.24. The number of hydrogen-bond donors (Lipinski definition) is 1. The van der Waals surface area contributed by atoms with Crippen LogP contribution >= 0.6 is 35.3 Å². The van der Waals surface area contributed by atoms with E-state index in [9.17, 15) is 0 Å². The molecular weight excluding hydrogens is 395 g/mol. The number of nitrogens with one attached hydrogen (secondary N) is 1. The Hall–Kier alpha value is -0.500. The topological polar surface area (TPSA) is 30.9 Å². The van der Waals surface area contributed by atoms with Crippen molar-refractivity contribution < 1.29 is 0 Å². The summed E-state index contributed by atoms with van der Waals surface area (Å²) in [7, 11) is 1.88. The van der Waals surface area contributed by atoms with Gasteiger partial charge in [-0.3, -0.25) is 4.99 Å². The van der Waals surface area contributed by atoms with Crippen molar-refractivity contribution in [2.45, 2.75) is 20.3 Å². The zero-order chi connectivity index (χ0) is 14.4. The zero-order valence-corrected chi connectivity index (χ0v) is 16.4. The van der Waals surface area contributed by atoms with Crippen LogP contribution in [-0.2, 0) is 0 Å². The Bertz CT molecular complexity index is 411. The fraction of sp³-hybridized carbons (Fsp3) is 0.667. The molecule has 6 heteroatoms. The fourth-order valence-corrected chi connectivity index (χ4v) is 3.18. The quantitative estimate of drug-likeness (QED) is 0.460. The second kappa shape index (κ2) is 9.50. The molecule has 1 aliphatic rings. The van der Waals surface area contributed by atoms with Gasteiger partial charge in [-0.15, -0.1) is 35.3 Å². The van der Waals surface area contributed by atoms with Crippen molar-refractivity contribution >= 4 is 46.3 Å². The number of hydrogen-bond acceptors (Lipinski definition) is 3. The van der Waals surface area contributed by atoms with Gasteiger partial charge in [0.05, 0.1) is 5.00 Å². The second-order valence-corrected chi connectivity index (χ2v) is 6.51. The molecule has 2 rings (SSSR count). The lowest BCUT2D eigenvalue weighted by molar-refractivity contribution is 0.372. The van der Waals surface area contributed by atoms with Gasteiger partial charge >= 0.3 is 0 Å². The maximum absolute atomic E-state index is 4.41. The third kappa shape index (κ3) is 5.65. The van der Waals surface area contributed by atoms with Gasteiger partial charge in [0.25, 0.3) is 0 Å². The monoisotopic (exact) mass is 422 g/mol. The van der Waals surface area contributed by atoms with Crippen LogP contribution in [0.1, 0.15) is 20.3 Å². The van der Waals surface area contributed by atoms with Gasteiger partial charge in [-0.05, 0) is 29.9 Å². The predicted molar refractivity (Wildman–Crippen MR) is 104 cm³/mol. The third-order valence-electron chi connectivity index (χ3n) is 3.61. The van der Waals surface area contributed by atoms with Gasteiger partial charge in [-0.25, -0.2) is 0 Å². The summed E-state index contributed by atoms with van der Waals surface area (Å²) in [6.45, 7) is 9.75. The third-order valence-corrected chi connectivity index (χ3v) is 4.54. The maximum atomic E-state index is 4.41. The molecule has 0 amide bonds. The lowest BCUT2D eigenvalue weighted by atomic mass is 10.1. The summed E-state index contributed by atoms with van der Waals surface area (Å²) in [6.07, 6.45) is 1.19. The number of thiophene rings is 1. The van der Waals surface area contributed by atoms with Crippen LogP contribution in [-0.4, -0.2) is 50.6 Å². The van der Waals surface area contributed by atoms with Crippen LogP contribution in [0.25, 0.3) is 0 Å². The molecule has 1 N–H and O–H groups in total. The van der Waals surface area contributed by atoms with Crippen LogP contribution in [0.4, 0.5) is 5.00 Å². The summed E-state index contributed by atoms with van der Waals surface area (Å²) in [5, 5.41) is 7.01. The molecule has 0 radical (unpaired) electrons. The molecule has 21 heavy (non-hydrogen) atoms. The first-order valence-electron chi connectivity index (χ1n) is 7.44. The molecule has 0 aliphatic carbocycles. The number of nitrogens with zero attached hydrogens (tertiary/aromatic N) is 3. The van der Waals surface area contributed by atoms with Gasteiger partial charge in [0.15, 0.2) is 5.96 Å². The first-order chi connectivity index (χ1) is 9.70. The van der Waals surface area contributed by atoms with Gasteiger partial charge in [-0.1, -0.05) is 13.8 Å². The summed E-state index contributed by atoms with van der Waals surface area (Å²) in [5.74, 6) is 1.78. The Labute approximate surface area is 149 Å². The molecule has 0 atom stereocenters. The first kappa shape index (κ1) is 18.5. The average molecular weight is 422 g/mol. The molecule has 1 aliphatic heterocycles. The highest BCUT2D eigenvalue weighted by Crippen LogP contribution is 2.22. The molecule has 0 unspecified atom stereocenters. The predicted octanol–water partition coefficient (Wildman–Crippen LogP) is 3.11. The van der Waals surface area contributed by atoms with Crippen molar-refractivity contribution in [2.24, 2.45) is 10.9 Å². The van der Waals surface area contributed by atoms with E-state index in [1.165, 1.54) is 11.4 Å². The number of guanidine groups is 1.